The Labute approximate surface area is 170 Å². The van der Waals surface area contributed by atoms with Gasteiger partial charge in [-0.15, -0.1) is 11.3 Å². The number of thiazole rings is 1. The van der Waals surface area contributed by atoms with Crippen molar-refractivity contribution in [3.63, 3.8) is 0 Å². The van der Waals surface area contributed by atoms with E-state index in [-0.39, 0.29) is 24.8 Å². The van der Waals surface area contributed by atoms with E-state index in [0.29, 0.717) is 5.69 Å². The molecular formula is C20H18BrN3O2S. The molecule has 27 heavy (non-hydrogen) atoms. The predicted octanol–water partition coefficient (Wildman–Crippen LogP) is 4.18. The van der Waals surface area contributed by atoms with Crippen LogP contribution >= 0.6 is 27.3 Å². The van der Waals surface area contributed by atoms with E-state index >= 15 is 0 Å². The molecule has 0 spiro atoms. The zero-order chi connectivity index (χ0) is 19.2. The average Bonchev–Trinajstić information content (AvgIpc) is 3.11. The first-order chi connectivity index (χ1) is 13.0. The lowest BCUT2D eigenvalue weighted by atomic mass is 10.2. The lowest BCUT2D eigenvalue weighted by Crippen LogP contribution is -2.34. The van der Waals surface area contributed by atoms with Gasteiger partial charge in [0.1, 0.15) is 5.01 Å². The highest BCUT2D eigenvalue weighted by molar-refractivity contribution is 9.10. The Hall–Kier alpha value is -2.51. The number of anilines is 1. The summed E-state index contributed by atoms with van der Waals surface area (Å²) in [6.45, 7) is 1.83. The summed E-state index contributed by atoms with van der Waals surface area (Å²) in [4.78, 5) is 28.6. The standard InChI is InChI=1S/C20H18BrN3O2S/c1-13-9-15(21)7-8-17(13)24-19(26)11-22-18(25)10-16-12-27-20(23-16)14-5-3-2-4-6-14/h2-9,12H,10-11H2,1H3,(H,22,25)(H,24,26). The fourth-order valence-electron chi connectivity index (χ4n) is 2.47. The first kappa shape index (κ1) is 19.3. The third kappa shape index (κ3) is 5.48. The van der Waals surface area contributed by atoms with E-state index in [4.69, 9.17) is 0 Å². The summed E-state index contributed by atoms with van der Waals surface area (Å²) in [5.41, 5.74) is 3.39. The minimum absolute atomic E-state index is 0.0793. The number of amides is 2. The molecule has 3 aromatic rings. The van der Waals surface area contributed by atoms with Gasteiger partial charge in [0.25, 0.3) is 0 Å². The largest absolute Gasteiger partial charge is 0.347 e. The van der Waals surface area contributed by atoms with Crippen LogP contribution in [0.3, 0.4) is 0 Å². The van der Waals surface area contributed by atoms with Gasteiger partial charge in [0.15, 0.2) is 0 Å². The van der Waals surface area contributed by atoms with Gasteiger partial charge < -0.3 is 10.6 Å². The molecule has 5 nitrogen and oxygen atoms in total. The van der Waals surface area contributed by atoms with Gasteiger partial charge in [-0.05, 0) is 30.7 Å². The van der Waals surface area contributed by atoms with Crippen LogP contribution in [0.4, 0.5) is 5.69 Å². The summed E-state index contributed by atoms with van der Waals surface area (Å²) in [5, 5.41) is 8.17. The van der Waals surface area contributed by atoms with Crippen LogP contribution in [0.2, 0.25) is 0 Å². The zero-order valence-electron chi connectivity index (χ0n) is 14.7. The molecule has 138 valence electrons. The van der Waals surface area contributed by atoms with Crippen LogP contribution in [0.5, 0.6) is 0 Å². The molecule has 0 saturated heterocycles. The van der Waals surface area contributed by atoms with E-state index in [1.165, 1.54) is 11.3 Å². The summed E-state index contributed by atoms with van der Waals surface area (Å²) < 4.78 is 0.949. The number of hydrogen-bond donors (Lipinski definition) is 2. The number of carbonyl (C=O) groups is 2. The quantitative estimate of drug-likeness (QED) is 0.600. The van der Waals surface area contributed by atoms with Gasteiger partial charge in [0.05, 0.1) is 18.7 Å². The number of nitrogens with one attached hydrogen (secondary N) is 2. The summed E-state index contributed by atoms with van der Waals surface area (Å²) in [7, 11) is 0. The van der Waals surface area contributed by atoms with E-state index < -0.39 is 0 Å². The molecule has 1 aromatic heterocycles. The van der Waals surface area contributed by atoms with Crippen LogP contribution in [-0.4, -0.2) is 23.3 Å². The second-order valence-corrected chi connectivity index (χ2v) is 7.74. The molecule has 7 heteroatoms. The fourth-order valence-corrected chi connectivity index (χ4v) is 3.77. The Kier molecular flexibility index (Phi) is 6.36. The van der Waals surface area contributed by atoms with Crippen LogP contribution in [0.15, 0.2) is 58.4 Å². The van der Waals surface area contributed by atoms with Gasteiger partial charge >= 0.3 is 0 Å². The first-order valence-electron chi connectivity index (χ1n) is 8.34. The molecule has 0 atom stereocenters. The number of carbonyl (C=O) groups excluding carboxylic acids is 2. The Morgan fingerprint density at radius 1 is 1.11 bits per heavy atom. The number of aromatic nitrogens is 1. The number of nitrogens with zero attached hydrogens (tertiary/aromatic N) is 1. The molecule has 2 amide bonds. The van der Waals surface area contributed by atoms with Crippen molar-refractivity contribution in [1.82, 2.24) is 10.3 Å². The van der Waals surface area contributed by atoms with Gasteiger partial charge in [-0.1, -0.05) is 46.3 Å². The first-order valence-corrected chi connectivity index (χ1v) is 10.0. The van der Waals surface area contributed by atoms with E-state index in [0.717, 1.165) is 26.3 Å². The topological polar surface area (TPSA) is 71.1 Å². The molecule has 3 rings (SSSR count). The third-order valence-electron chi connectivity index (χ3n) is 3.82. The van der Waals surface area contributed by atoms with Gasteiger partial charge in [0, 0.05) is 21.1 Å². The molecule has 0 fully saturated rings. The molecule has 2 N–H and O–H groups in total. The molecule has 0 saturated carbocycles. The monoisotopic (exact) mass is 443 g/mol. The molecule has 0 bridgehead atoms. The van der Waals surface area contributed by atoms with Crippen molar-refractivity contribution in [2.24, 2.45) is 0 Å². The highest BCUT2D eigenvalue weighted by atomic mass is 79.9. The van der Waals surface area contributed by atoms with Crippen molar-refractivity contribution in [3.05, 3.63) is 69.6 Å². The molecule has 0 aliphatic heterocycles. The van der Waals surface area contributed by atoms with E-state index in [9.17, 15) is 9.59 Å². The van der Waals surface area contributed by atoms with Crippen molar-refractivity contribution < 1.29 is 9.59 Å². The van der Waals surface area contributed by atoms with Crippen molar-refractivity contribution in [3.8, 4) is 10.6 Å². The van der Waals surface area contributed by atoms with E-state index in [1.807, 2.05) is 60.8 Å². The van der Waals surface area contributed by atoms with Crippen LogP contribution in [0, 0.1) is 6.92 Å². The number of aryl methyl sites for hydroxylation is 1. The maximum Gasteiger partial charge on any atom is 0.243 e. The Morgan fingerprint density at radius 3 is 2.63 bits per heavy atom. The molecule has 0 aliphatic carbocycles. The Bertz CT molecular complexity index is 957. The van der Waals surface area contributed by atoms with Gasteiger partial charge in [-0.2, -0.15) is 0 Å². The summed E-state index contributed by atoms with van der Waals surface area (Å²) in [5.74, 6) is -0.500. The maximum atomic E-state index is 12.1. The van der Waals surface area contributed by atoms with Gasteiger partial charge in [0.2, 0.25) is 11.8 Å². The second kappa shape index (κ2) is 8.92. The third-order valence-corrected chi connectivity index (χ3v) is 5.26. The van der Waals surface area contributed by atoms with Crippen molar-refractivity contribution in [1.29, 1.82) is 0 Å². The molecule has 0 radical (unpaired) electrons. The van der Waals surface area contributed by atoms with Crippen molar-refractivity contribution in [2.45, 2.75) is 13.3 Å². The van der Waals surface area contributed by atoms with Gasteiger partial charge in [-0.25, -0.2) is 4.98 Å². The normalized spacial score (nSPS) is 10.4. The van der Waals surface area contributed by atoms with E-state index in [1.54, 1.807) is 0 Å². The Morgan fingerprint density at radius 2 is 1.89 bits per heavy atom. The zero-order valence-corrected chi connectivity index (χ0v) is 17.1. The van der Waals surface area contributed by atoms with Crippen LogP contribution in [-0.2, 0) is 16.0 Å². The van der Waals surface area contributed by atoms with Crippen LogP contribution in [0.1, 0.15) is 11.3 Å². The highest BCUT2D eigenvalue weighted by Gasteiger charge is 2.11. The Balaban J connectivity index is 1.49. The lowest BCUT2D eigenvalue weighted by Gasteiger charge is -2.09. The average molecular weight is 444 g/mol. The lowest BCUT2D eigenvalue weighted by molar-refractivity contribution is -0.123. The van der Waals surface area contributed by atoms with Crippen molar-refractivity contribution in [2.75, 3.05) is 11.9 Å². The van der Waals surface area contributed by atoms with Crippen molar-refractivity contribution >= 4 is 44.8 Å². The molecule has 0 unspecified atom stereocenters. The second-order valence-electron chi connectivity index (χ2n) is 5.97. The maximum absolute atomic E-state index is 12.1. The minimum atomic E-state index is -0.267. The van der Waals surface area contributed by atoms with E-state index in [2.05, 4.69) is 31.5 Å². The summed E-state index contributed by atoms with van der Waals surface area (Å²) in [6.07, 6.45) is 0.147. The number of rotatable bonds is 6. The minimum Gasteiger partial charge on any atom is -0.347 e. The fraction of sp³-hybridized carbons (Fsp3) is 0.150. The smallest absolute Gasteiger partial charge is 0.243 e. The SMILES string of the molecule is Cc1cc(Br)ccc1NC(=O)CNC(=O)Cc1csc(-c2ccccc2)n1. The molecule has 0 aliphatic rings. The molecule has 2 aromatic carbocycles. The number of halogens is 1. The van der Waals surface area contributed by atoms with Crippen LogP contribution < -0.4 is 10.6 Å². The number of benzene rings is 2. The predicted molar refractivity (Wildman–Crippen MR) is 112 cm³/mol. The summed E-state index contributed by atoms with van der Waals surface area (Å²) >= 11 is 4.88. The van der Waals surface area contributed by atoms with Gasteiger partial charge in [-0.3, -0.25) is 9.59 Å². The highest BCUT2D eigenvalue weighted by Crippen LogP contribution is 2.23. The van der Waals surface area contributed by atoms with Crippen LogP contribution in [0.25, 0.3) is 10.6 Å². The summed E-state index contributed by atoms with van der Waals surface area (Å²) in [6, 6.07) is 15.4. The molecule has 1 heterocycles. The molecular weight excluding hydrogens is 426 g/mol. The number of hydrogen-bond acceptors (Lipinski definition) is 4.